The first-order valence-electron chi connectivity index (χ1n) is 7.29. The Morgan fingerprint density at radius 2 is 1.64 bits per heavy atom. The van der Waals surface area contributed by atoms with Crippen molar-refractivity contribution in [2.24, 2.45) is 0 Å². The molecule has 0 saturated carbocycles. The van der Waals surface area contributed by atoms with E-state index in [1.807, 2.05) is 32.0 Å². The van der Waals surface area contributed by atoms with Crippen LogP contribution in [0.2, 0.25) is 0 Å². The second kappa shape index (κ2) is 5.78. The summed E-state index contributed by atoms with van der Waals surface area (Å²) in [5.41, 5.74) is 3.47. The normalized spacial score (nSPS) is 23.4. The van der Waals surface area contributed by atoms with E-state index in [1.54, 1.807) is 11.8 Å². The van der Waals surface area contributed by atoms with Gasteiger partial charge in [0.05, 0.1) is 5.37 Å². The molecular weight excluding hydrogens is 294 g/mol. The second-order valence-corrected chi connectivity index (χ2v) is 7.79. The van der Waals surface area contributed by atoms with Crippen molar-refractivity contribution in [3.05, 3.63) is 60.2 Å². The molecule has 4 heteroatoms. The van der Waals surface area contributed by atoms with E-state index in [-0.39, 0.29) is 10.1 Å². The molecule has 0 bridgehead atoms. The van der Waals surface area contributed by atoms with Crippen LogP contribution >= 0.6 is 11.8 Å². The van der Waals surface area contributed by atoms with E-state index in [1.165, 1.54) is 11.1 Å². The number of aliphatic carboxylic acids is 1. The standard InChI is InChI=1S/C18H19NO2S/c1-18(2)15(17(20)21)19-16(22-18)14-10-8-13(9-11-14)12-6-4-3-5-7-12/h3-11,15-16,19H,1-2H3,(H,20,21). The topological polar surface area (TPSA) is 49.3 Å². The van der Waals surface area contributed by atoms with Crippen LogP contribution in [-0.2, 0) is 4.79 Å². The highest BCUT2D eigenvalue weighted by atomic mass is 32.2. The number of nitrogens with one attached hydrogen (secondary N) is 1. The maximum atomic E-state index is 11.4. The van der Waals surface area contributed by atoms with Crippen LogP contribution in [0.5, 0.6) is 0 Å². The van der Waals surface area contributed by atoms with Crippen molar-refractivity contribution in [1.82, 2.24) is 5.32 Å². The molecule has 1 fully saturated rings. The van der Waals surface area contributed by atoms with E-state index in [4.69, 9.17) is 0 Å². The van der Waals surface area contributed by atoms with Gasteiger partial charge < -0.3 is 5.11 Å². The average molecular weight is 313 g/mol. The Labute approximate surface area is 134 Å². The third-order valence-corrected chi connectivity index (χ3v) is 5.49. The average Bonchev–Trinajstić information content (AvgIpc) is 2.84. The summed E-state index contributed by atoms with van der Waals surface area (Å²) in [6.45, 7) is 3.95. The van der Waals surface area contributed by atoms with Crippen LogP contribution in [0.1, 0.15) is 24.8 Å². The quantitative estimate of drug-likeness (QED) is 0.901. The lowest BCUT2D eigenvalue weighted by molar-refractivity contribution is -0.139. The number of carboxylic acids is 1. The molecule has 1 aliphatic rings. The van der Waals surface area contributed by atoms with E-state index in [0.29, 0.717) is 0 Å². The summed E-state index contributed by atoms with van der Waals surface area (Å²) in [5, 5.41) is 12.6. The van der Waals surface area contributed by atoms with E-state index >= 15 is 0 Å². The maximum Gasteiger partial charge on any atom is 0.322 e. The molecule has 3 rings (SSSR count). The third-order valence-electron chi connectivity index (χ3n) is 4.00. The number of rotatable bonds is 3. The molecule has 1 aliphatic heterocycles. The summed E-state index contributed by atoms with van der Waals surface area (Å²) in [6, 6.07) is 18.0. The zero-order valence-electron chi connectivity index (χ0n) is 12.6. The Bertz CT molecular complexity index is 667. The molecule has 0 amide bonds. The van der Waals surface area contributed by atoms with Crippen molar-refractivity contribution in [2.75, 3.05) is 0 Å². The second-order valence-electron chi connectivity index (χ2n) is 6.03. The Hall–Kier alpha value is -1.78. The lowest BCUT2D eigenvalue weighted by Crippen LogP contribution is -2.43. The van der Waals surface area contributed by atoms with E-state index in [0.717, 1.165) is 5.56 Å². The number of thioether (sulfide) groups is 1. The van der Waals surface area contributed by atoms with Gasteiger partial charge in [-0.1, -0.05) is 54.6 Å². The lowest BCUT2D eigenvalue weighted by atomic mass is 10.0. The van der Waals surface area contributed by atoms with Crippen LogP contribution in [0.15, 0.2) is 54.6 Å². The van der Waals surface area contributed by atoms with Crippen molar-refractivity contribution in [3.63, 3.8) is 0 Å². The highest BCUT2D eigenvalue weighted by Crippen LogP contribution is 2.45. The van der Waals surface area contributed by atoms with Gasteiger partial charge >= 0.3 is 5.97 Å². The minimum atomic E-state index is -0.791. The molecule has 0 radical (unpaired) electrons. The van der Waals surface area contributed by atoms with Gasteiger partial charge in [0, 0.05) is 4.75 Å². The minimum absolute atomic E-state index is 0.0147. The molecule has 2 unspecified atom stereocenters. The number of hydrogen-bond acceptors (Lipinski definition) is 3. The van der Waals surface area contributed by atoms with Crippen LogP contribution in [0.25, 0.3) is 11.1 Å². The molecule has 0 spiro atoms. The van der Waals surface area contributed by atoms with Gasteiger partial charge in [-0.3, -0.25) is 10.1 Å². The summed E-state index contributed by atoms with van der Waals surface area (Å²) in [7, 11) is 0. The molecule has 2 aromatic carbocycles. The number of carbonyl (C=O) groups is 1. The van der Waals surface area contributed by atoms with Crippen molar-refractivity contribution in [3.8, 4) is 11.1 Å². The maximum absolute atomic E-state index is 11.4. The van der Waals surface area contributed by atoms with Crippen molar-refractivity contribution < 1.29 is 9.90 Å². The van der Waals surface area contributed by atoms with Crippen molar-refractivity contribution >= 4 is 17.7 Å². The van der Waals surface area contributed by atoms with Gasteiger partial charge in [-0.2, -0.15) is 0 Å². The van der Waals surface area contributed by atoms with E-state index in [9.17, 15) is 9.90 Å². The van der Waals surface area contributed by atoms with Crippen molar-refractivity contribution in [1.29, 1.82) is 0 Å². The predicted molar refractivity (Wildman–Crippen MR) is 90.8 cm³/mol. The summed E-state index contributed by atoms with van der Waals surface area (Å²) >= 11 is 1.67. The Balaban J connectivity index is 1.81. The fourth-order valence-corrected chi connectivity index (χ4v) is 4.18. The monoisotopic (exact) mass is 313 g/mol. The first kappa shape index (κ1) is 15.1. The predicted octanol–water partition coefficient (Wildman–Crippen LogP) is 3.92. The molecule has 2 N–H and O–H groups in total. The first-order chi connectivity index (χ1) is 10.5. The van der Waals surface area contributed by atoms with Gasteiger partial charge in [0.15, 0.2) is 0 Å². The number of carboxylic acid groups (broad SMARTS) is 1. The first-order valence-corrected chi connectivity index (χ1v) is 8.17. The molecular formula is C18H19NO2S. The fourth-order valence-electron chi connectivity index (χ4n) is 2.77. The highest BCUT2D eigenvalue weighted by molar-refractivity contribution is 8.01. The molecule has 0 aromatic heterocycles. The molecule has 3 nitrogen and oxygen atoms in total. The van der Waals surface area contributed by atoms with Gasteiger partial charge in [0.1, 0.15) is 6.04 Å². The van der Waals surface area contributed by atoms with Crippen molar-refractivity contribution in [2.45, 2.75) is 30.0 Å². The highest BCUT2D eigenvalue weighted by Gasteiger charge is 2.45. The van der Waals surface area contributed by atoms with Crippen LogP contribution in [0.3, 0.4) is 0 Å². The zero-order chi connectivity index (χ0) is 15.7. The van der Waals surface area contributed by atoms with Crippen LogP contribution in [-0.4, -0.2) is 21.9 Å². The van der Waals surface area contributed by atoms with Gasteiger partial charge in [0.25, 0.3) is 0 Å². The Morgan fingerprint density at radius 1 is 1.05 bits per heavy atom. The molecule has 22 heavy (non-hydrogen) atoms. The van der Waals surface area contributed by atoms with E-state index in [2.05, 4.69) is 41.7 Å². The van der Waals surface area contributed by atoms with Crippen LogP contribution < -0.4 is 5.32 Å². The molecule has 1 saturated heterocycles. The molecule has 2 atom stereocenters. The molecule has 0 aliphatic carbocycles. The van der Waals surface area contributed by atoms with Gasteiger partial charge in [0.2, 0.25) is 0 Å². The van der Waals surface area contributed by atoms with Gasteiger partial charge in [-0.15, -0.1) is 11.8 Å². The molecule has 2 aromatic rings. The summed E-state index contributed by atoms with van der Waals surface area (Å²) in [6.07, 6.45) is 0. The summed E-state index contributed by atoms with van der Waals surface area (Å²) in [5.74, 6) is -0.791. The SMILES string of the molecule is CC1(C)SC(c2ccc(-c3ccccc3)cc2)NC1C(=O)O. The van der Waals surface area contributed by atoms with E-state index < -0.39 is 12.0 Å². The fraction of sp³-hybridized carbons (Fsp3) is 0.278. The van der Waals surface area contributed by atoms with Crippen LogP contribution in [0, 0.1) is 0 Å². The molecule has 1 heterocycles. The van der Waals surface area contributed by atoms with Crippen LogP contribution in [0.4, 0.5) is 0 Å². The zero-order valence-corrected chi connectivity index (χ0v) is 13.4. The number of hydrogen-bond donors (Lipinski definition) is 2. The number of benzene rings is 2. The summed E-state index contributed by atoms with van der Waals surface area (Å²) in [4.78, 5) is 11.4. The van der Waals surface area contributed by atoms with Gasteiger partial charge in [-0.05, 0) is 30.5 Å². The Morgan fingerprint density at radius 3 is 2.18 bits per heavy atom. The summed E-state index contributed by atoms with van der Waals surface area (Å²) < 4.78 is -0.325. The third kappa shape index (κ3) is 2.89. The Kier molecular flexibility index (Phi) is 3.98. The van der Waals surface area contributed by atoms with Gasteiger partial charge in [-0.25, -0.2) is 0 Å². The molecule has 114 valence electrons. The minimum Gasteiger partial charge on any atom is -0.480 e. The largest absolute Gasteiger partial charge is 0.480 e. The smallest absolute Gasteiger partial charge is 0.322 e. The lowest BCUT2D eigenvalue weighted by Gasteiger charge is -2.20.